The molecule has 0 radical (unpaired) electrons. The average Bonchev–Trinajstić information content (AvgIpc) is 3.63. The van der Waals surface area contributed by atoms with Gasteiger partial charge < -0.3 is 10.1 Å². The molecule has 166 valence electrons. The molecule has 1 saturated carbocycles. The summed E-state index contributed by atoms with van der Waals surface area (Å²) in [6.45, 7) is 0.666. The number of nitrogens with one attached hydrogen (secondary N) is 1. The van der Waals surface area contributed by atoms with Crippen molar-refractivity contribution >= 4 is 27.5 Å². The number of carbonyl (C=O) groups excluding carboxylic acids is 1. The molecule has 1 aliphatic heterocycles. The van der Waals surface area contributed by atoms with Gasteiger partial charge in [0.2, 0.25) is 15.9 Å². The SMILES string of the molecule is COc1ccc(C(NC(=O)C2CCN(S(=O)(=O)c3ccc(Cl)cc3)CC2)C2CC2)cc1. The van der Waals surface area contributed by atoms with Crippen molar-refractivity contribution < 1.29 is 17.9 Å². The molecule has 2 fully saturated rings. The molecule has 1 N–H and O–H groups in total. The number of hydrogen-bond donors (Lipinski definition) is 1. The average molecular weight is 463 g/mol. The maximum absolute atomic E-state index is 13.0. The van der Waals surface area contributed by atoms with Crippen LogP contribution >= 0.6 is 11.6 Å². The molecule has 0 bridgehead atoms. The molecule has 2 aromatic rings. The molecule has 8 heteroatoms. The summed E-state index contributed by atoms with van der Waals surface area (Å²) in [4.78, 5) is 13.2. The molecule has 2 aliphatic rings. The summed E-state index contributed by atoms with van der Waals surface area (Å²) in [6, 6.07) is 14.0. The first-order valence-corrected chi connectivity index (χ1v) is 12.4. The van der Waals surface area contributed by atoms with E-state index in [9.17, 15) is 13.2 Å². The van der Waals surface area contributed by atoms with Crippen molar-refractivity contribution in [2.45, 2.75) is 36.6 Å². The van der Waals surface area contributed by atoms with E-state index in [0.717, 1.165) is 24.2 Å². The first-order chi connectivity index (χ1) is 14.9. The van der Waals surface area contributed by atoms with E-state index in [-0.39, 0.29) is 22.8 Å². The number of nitrogens with zero attached hydrogens (tertiary/aromatic N) is 1. The van der Waals surface area contributed by atoms with E-state index in [2.05, 4.69) is 5.32 Å². The molecule has 1 atom stereocenters. The second kappa shape index (κ2) is 9.18. The van der Waals surface area contributed by atoms with Crippen molar-refractivity contribution in [1.29, 1.82) is 0 Å². The highest BCUT2D eigenvalue weighted by Crippen LogP contribution is 2.41. The highest BCUT2D eigenvalue weighted by atomic mass is 35.5. The molecule has 1 unspecified atom stereocenters. The number of piperidine rings is 1. The van der Waals surface area contributed by atoms with Gasteiger partial charge in [-0.05, 0) is 73.6 Å². The van der Waals surface area contributed by atoms with Crippen molar-refractivity contribution in [3.05, 3.63) is 59.1 Å². The maximum atomic E-state index is 13.0. The van der Waals surface area contributed by atoms with E-state index in [4.69, 9.17) is 16.3 Å². The number of amides is 1. The number of ether oxygens (including phenoxy) is 1. The van der Waals surface area contributed by atoms with Crippen LogP contribution in [0.2, 0.25) is 5.02 Å². The minimum Gasteiger partial charge on any atom is -0.497 e. The molecule has 1 amide bonds. The van der Waals surface area contributed by atoms with Gasteiger partial charge in [-0.3, -0.25) is 4.79 Å². The van der Waals surface area contributed by atoms with Crippen molar-refractivity contribution in [2.24, 2.45) is 11.8 Å². The van der Waals surface area contributed by atoms with Gasteiger partial charge in [-0.15, -0.1) is 0 Å². The first kappa shape index (κ1) is 22.1. The van der Waals surface area contributed by atoms with Crippen LogP contribution in [0.5, 0.6) is 5.75 Å². The Bertz CT molecular complexity index is 1010. The molecule has 6 nitrogen and oxygen atoms in total. The van der Waals surface area contributed by atoms with E-state index in [1.54, 1.807) is 19.2 Å². The number of sulfonamides is 1. The van der Waals surface area contributed by atoms with Gasteiger partial charge in [-0.2, -0.15) is 4.31 Å². The lowest BCUT2D eigenvalue weighted by molar-refractivity contribution is -0.127. The summed E-state index contributed by atoms with van der Waals surface area (Å²) in [6.07, 6.45) is 3.24. The molecule has 4 rings (SSSR count). The van der Waals surface area contributed by atoms with Gasteiger partial charge in [-0.25, -0.2) is 8.42 Å². The zero-order valence-corrected chi connectivity index (χ0v) is 19.0. The number of methoxy groups -OCH3 is 1. The Kier molecular flexibility index (Phi) is 6.55. The van der Waals surface area contributed by atoms with Crippen LogP contribution in [0.1, 0.15) is 37.3 Å². The topological polar surface area (TPSA) is 75.7 Å². The molecule has 1 saturated heterocycles. The van der Waals surface area contributed by atoms with Gasteiger partial charge in [0.05, 0.1) is 18.0 Å². The van der Waals surface area contributed by atoms with Crippen molar-refractivity contribution in [2.75, 3.05) is 20.2 Å². The summed E-state index contributed by atoms with van der Waals surface area (Å²) in [5.41, 5.74) is 1.08. The van der Waals surface area contributed by atoms with Crippen LogP contribution in [-0.2, 0) is 14.8 Å². The zero-order valence-electron chi connectivity index (χ0n) is 17.5. The Morgan fingerprint density at radius 1 is 1.03 bits per heavy atom. The first-order valence-electron chi connectivity index (χ1n) is 10.6. The van der Waals surface area contributed by atoms with Gasteiger partial charge in [0.1, 0.15) is 5.75 Å². The van der Waals surface area contributed by atoms with E-state index in [1.165, 1.54) is 16.4 Å². The van der Waals surface area contributed by atoms with Gasteiger partial charge >= 0.3 is 0 Å². The van der Waals surface area contributed by atoms with Gasteiger partial charge in [0, 0.05) is 24.0 Å². The third kappa shape index (κ3) is 5.05. The second-order valence-corrected chi connectivity index (χ2v) is 10.6. The van der Waals surface area contributed by atoms with Crippen LogP contribution in [0.15, 0.2) is 53.4 Å². The molecular weight excluding hydrogens is 436 g/mol. The summed E-state index contributed by atoms with van der Waals surface area (Å²) in [7, 11) is -1.94. The highest BCUT2D eigenvalue weighted by Gasteiger charge is 2.37. The van der Waals surface area contributed by atoms with Gasteiger partial charge in [0.25, 0.3) is 0 Å². The fourth-order valence-corrected chi connectivity index (χ4v) is 5.69. The third-order valence-corrected chi connectivity index (χ3v) is 8.31. The van der Waals surface area contributed by atoms with E-state index in [1.807, 2.05) is 24.3 Å². The van der Waals surface area contributed by atoms with Crippen LogP contribution in [0.25, 0.3) is 0 Å². The lowest BCUT2D eigenvalue weighted by atomic mass is 9.95. The quantitative estimate of drug-likeness (QED) is 0.674. The Morgan fingerprint density at radius 2 is 1.65 bits per heavy atom. The standard InChI is InChI=1S/C23H27ClN2O4S/c1-30-20-8-4-17(5-9-20)22(16-2-3-16)25-23(27)18-12-14-26(15-13-18)31(28,29)21-10-6-19(24)7-11-21/h4-11,16,18,22H,2-3,12-15H2,1H3,(H,25,27). The molecule has 1 heterocycles. The van der Waals surface area contributed by atoms with E-state index >= 15 is 0 Å². The lowest BCUT2D eigenvalue weighted by Gasteiger charge is -2.31. The van der Waals surface area contributed by atoms with Crippen molar-refractivity contribution in [3.63, 3.8) is 0 Å². The summed E-state index contributed by atoms with van der Waals surface area (Å²) in [5, 5.41) is 3.73. The van der Waals surface area contributed by atoms with Crippen LogP contribution in [0.4, 0.5) is 0 Å². The van der Waals surface area contributed by atoms with Crippen LogP contribution < -0.4 is 10.1 Å². The second-order valence-electron chi connectivity index (χ2n) is 8.23. The summed E-state index contributed by atoms with van der Waals surface area (Å²) >= 11 is 5.87. The minimum atomic E-state index is -3.57. The lowest BCUT2D eigenvalue weighted by Crippen LogP contribution is -2.43. The minimum absolute atomic E-state index is 0.00534. The molecule has 0 spiro atoms. The van der Waals surface area contributed by atoms with Crippen LogP contribution in [0.3, 0.4) is 0 Å². The highest BCUT2D eigenvalue weighted by molar-refractivity contribution is 7.89. The summed E-state index contributed by atoms with van der Waals surface area (Å²) in [5.74, 6) is 1.08. The Balaban J connectivity index is 1.37. The largest absolute Gasteiger partial charge is 0.497 e. The maximum Gasteiger partial charge on any atom is 0.243 e. The Hall–Kier alpha value is -2.09. The predicted octanol–water partition coefficient (Wildman–Crippen LogP) is 4.02. The van der Waals surface area contributed by atoms with Crippen LogP contribution in [-0.4, -0.2) is 38.8 Å². The monoisotopic (exact) mass is 462 g/mol. The molecule has 2 aromatic carbocycles. The molecule has 1 aliphatic carbocycles. The fourth-order valence-electron chi connectivity index (χ4n) is 4.10. The number of carbonyl (C=O) groups is 1. The Labute approximate surface area is 188 Å². The van der Waals surface area contributed by atoms with Gasteiger partial charge in [-0.1, -0.05) is 23.7 Å². The normalized spacial score (nSPS) is 19.0. The molecule has 0 aromatic heterocycles. The number of benzene rings is 2. The number of halogens is 1. The molecule has 31 heavy (non-hydrogen) atoms. The number of rotatable bonds is 7. The third-order valence-electron chi connectivity index (χ3n) is 6.14. The van der Waals surface area contributed by atoms with E-state index in [0.29, 0.717) is 36.9 Å². The predicted molar refractivity (Wildman–Crippen MR) is 120 cm³/mol. The Morgan fingerprint density at radius 3 is 2.19 bits per heavy atom. The van der Waals surface area contributed by atoms with Crippen molar-refractivity contribution in [3.8, 4) is 5.75 Å². The van der Waals surface area contributed by atoms with Crippen LogP contribution in [0, 0.1) is 11.8 Å². The smallest absolute Gasteiger partial charge is 0.243 e. The molecular formula is C23H27ClN2O4S. The van der Waals surface area contributed by atoms with Gasteiger partial charge in [0.15, 0.2) is 0 Å². The van der Waals surface area contributed by atoms with E-state index < -0.39 is 10.0 Å². The number of hydrogen-bond acceptors (Lipinski definition) is 4. The summed E-state index contributed by atoms with van der Waals surface area (Å²) < 4.78 is 32.4. The van der Waals surface area contributed by atoms with Crippen molar-refractivity contribution in [1.82, 2.24) is 9.62 Å². The zero-order chi connectivity index (χ0) is 22.0. The fraction of sp³-hybridized carbons (Fsp3) is 0.435.